The Hall–Kier alpha value is -2.17. The third-order valence-corrected chi connectivity index (χ3v) is 4.13. The van der Waals surface area contributed by atoms with Crippen molar-refractivity contribution in [3.8, 4) is 0 Å². The van der Waals surface area contributed by atoms with Gasteiger partial charge in [-0.1, -0.05) is 36.4 Å². The molecule has 2 aromatic heterocycles. The van der Waals surface area contributed by atoms with E-state index >= 15 is 0 Å². The number of fused-ring (bicyclic) bond motifs is 1. The van der Waals surface area contributed by atoms with Crippen LogP contribution in [0.15, 0.2) is 54.7 Å². The minimum Gasteiger partial charge on any atom is -0.396 e. The number of rotatable bonds is 7. The second-order valence-corrected chi connectivity index (χ2v) is 5.84. The molecule has 1 aromatic carbocycles. The zero-order chi connectivity index (χ0) is 16.1. The molecule has 0 fully saturated rings. The molecule has 0 bridgehead atoms. The predicted molar refractivity (Wildman–Crippen MR) is 92.3 cm³/mol. The van der Waals surface area contributed by atoms with Crippen LogP contribution in [0.4, 0.5) is 0 Å². The average molecular weight is 309 g/mol. The molecule has 0 aliphatic heterocycles. The van der Waals surface area contributed by atoms with Crippen LogP contribution in [0.1, 0.15) is 35.8 Å². The molecule has 0 spiro atoms. The van der Waals surface area contributed by atoms with Gasteiger partial charge >= 0.3 is 0 Å². The van der Waals surface area contributed by atoms with E-state index < -0.39 is 0 Å². The van der Waals surface area contributed by atoms with Gasteiger partial charge in [-0.05, 0) is 37.5 Å². The van der Waals surface area contributed by atoms with Crippen LogP contribution in [-0.4, -0.2) is 21.1 Å². The van der Waals surface area contributed by atoms with Crippen molar-refractivity contribution >= 4 is 5.65 Å². The summed E-state index contributed by atoms with van der Waals surface area (Å²) >= 11 is 0. The third-order valence-electron chi connectivity index (χ3n) is 4.13. The molecule has 3 rings (SSSR count). The molecular weight excluding hydrogens is 286 g/mol. The molecule has 0 aliphatic rings. The standard InChI is InChI=1S/C19H23N3O/c1-15-7-5-11-19-21-17(14-22(15)19)13-20-18(10-6-12-23)16-8-3-2-4-9-16/h2-5,7-9,11,14,18,20,23H,6,10,12-13H2,1H3. The molecule has 0 saturated heterocycles. The number of aryl methyl sites for hydroxylation is 1. The molecule has 0 aliphatic carbocycles. The smallest absolute Gasteiger partial charge is 0.137 e. The van der Waals surface area contributed by atoms with Crippen LogP contribution in [0.2, 0.25) is 0 Å². The van der Waals surface area contributed by atoms with Crippen molar-refractivity contribution in [1.82, 2.24) is 14.7 Å². The van der Waals surface area contributed by atoms with Crippen molar-refractivity contribution in [2.24, 2.45) is 0 Å². The van der Waals surface area contributed by atoms with E-state index in [1.54, 1.807) is 0 Å². The van der Waals surface area contributed by atoms with Gasteiger partial charge in [0.25, 0.3) is 0 Å². The Labute approximate surface area is 136 Å². The van der Waals surface area contributed by atoms with Crippen LogP contribution in [-0.2, 0) is 6.54 Å². The molecule has 4 nitrogen and oxygen atoms in total. The molecule has 4 heteroatoms. The number of aliphatic hydroxyl groups is 1. The van der Waals surface area contributed by atoms with Gasteiger partial charge in [0.1, 0.15) is 5.65 Å². The summed E-state index contributed by atoms with van der Waals surface area (Å²) in [7, 11) is 0. The fraction of sp³-hybridized carbons (Fsp3) is 0.316. The van der Waals surface area contributed by atoms with Crippen LogP contribution in [0.3, 0.4) is 0 Å². The van der Waals surface area contributed by atoms with Crippen LogP contribution >= 0.6 is 0 Å². The summed E-state index contributed by atoms with van der Waals surface area (Å²) in [6.07, 6.45) is 3.79. The van der Waals surface area contributed by atoms with Gasteiger partial charge in [0.15, 0.2) is 0 Å². The second kappa shape index (κ2) is 7.40. The largest absolute Gasteiger partial charge is 0.396 e. The Morgan fingerprint density at radius 1 is 1.13 bits per heavy atom. The molecule has 23 heavy (non-hydrogen) atoms. The lowest BCUT2D eigenvalue weighted by Gasteiger charge is -2.18. The number of nitrogens with one attached hydrogen (secondary N) is 1. The molecule has 0 saturated carbocycles. The van der Waals surface area contributed by atoms with E-state index in [0.717, 1.165) is 24.2 Å². The lowest BCUT2D eigenvalue weighted by molar-refractivity contribution is 0.274. The number of pyridine rings is 1. The van der Waals surface area contributed by atoms with Gasteiger partial charge in [-0.15, -0.1) is 0 Å². The number of nitrogens with zero attached hydrogens (tertiary/aromatic N) is 2. The summed E-state index contributed by atoms with van der Waals surface area (Å²) in [5.74, 6) is 0. The molecule has 0 amide bonds. The molecule has 2 N–H and O–H groups in total. The van der Waals surface area contributed by atoms with Gasteiger partial charge in [-0.2, -0.15) is 0 Å². The number of imidazole rings is 1. The average Bonchev–Trinajstić information content (AvgIpc) is 3.00. The highest BCUT2D eigenvalue weighted by molar-refractivity contribution is 5.41. The summed E-state index contributed by atoms with van der Waals surface area (Å²) in [5.41, 5.74) is 4.44. The van der Waals surface area contributed by atoms with Gasteiger partial charge in [0.2, 0.25) is 0 Å². The summed E-state index contributed by atoms with van der Waals surface area (Å²) in [6.45, 7) is 3.02. The summed E-state index contributed by atoms with van der Waals surface area (Å²) < 4.78 is 2.11. The highest BCUT2D eigenvalue weighted by atomic mass is 16.2. The Bertz CT molecular complexity index is 752. The van der Waals surface area contributed by atoms with Gasteiger partial charge in [0.05, 0.1) is 5.69 Å². The maximum Gasteiger partial charge on any atom is 0.137 e. The lowest BCUT2D eigenvalue weighted by atomic mass is 10.0. The lowest BCUT2D eigenvalue weighted by Crippen LogP contribution is -2.21. The number of hydrogen-bond donors (Lipinski definition) is 2. The summed E-state index contributed by atoms with van der Waals surface area (Å²) in [6, 6.07) is 16.8. The zero-order valence-corrected chi connectivity index (χ0v) is 13.4. The fourth-order valence-corrected chi connectivity index (χ4v) is 2.88. The molecule has 3 aromatic rings. The van der Waals surface area contributed by atoms with Crippen molar-refractivity contribution in [3.63, 3.8) is 0 Å². The van der Waals surface area contributed by atoms with E-state index in [1.165, 1.54) is 11.3 Å². The normalized spacial score (nSPS) is 12.6. The van der Waals surface area contributed by atoms with E-state index in [0.29, 0.717) is 6.54 Å². The first-order valence-electron chi connectivity index (χ1n) is 8.10. The number of aromatic nitrogens is 2. The maximum atomic E-state index is 9.13. The Morgan fingerprint density at radius 2 is 1.96 bits per heavy atom. The monoisotopic (exact) mass is 309 g/mol. The molecule has 1 unspecified atom stereocenters. The minimum absolute atomic E-state index is 0.221. The van der Waals surface area contributed by atoms with Crippen LogP contribution in [0.25, 0.3) is 5.65 Å². The number of benzene rings is 1. The Balaban J connectivity index is 1.73. The first kappa shape index (κ1) is 15.7. The van der Waals surface area contributed by atoms with Crippen LogP contribution in [0, 0.1) is 6.92 Å². The number of aliphatic hydroxyl groups excluding tert-OH is 1. The van der Waals surface area contributed by atoms with Crippen LogP contribution < -0.4 is 5.32 Å². The van der Waals surface area contributed by atoms with Crippen molar-refractivity contribution < 1.29 is 5.11 Å². The fourth-order valence-electron chi connectivity index (χ4n) is 2.88. The molecular formula is C19H23N3O. The van der Waals surface area contributed by atoms with Crippen molar-refractivity contribution in [2.75, 3.05) is 6.61 Å². The van der Waals surface area contributed by atoms with Crippen molar-refractivity contribution in [3.05, 3.63) is 71.7 Å². The maximum absolute atomic E-state index is 9.13. The first-order chi connectivity index (χ1) is 11.3. The molecule has 1 atom stereocenters. The van der Waals surface area contributed by atoms with E-state index in [4.69, 9.17) is 5.11 Å². The topological polar surface area (TPSA) is 49.6 Å². The van der Waals surface area contributed by atoms with E-state index in [2.05, 4.69) is 58.2 Å². The summed E-state index contributed by atoms with van der Waals surface area (Å²) in [4.78, 5) is 4.67. The Kier molecular flexibility index (Phi) is 5.05. The van der Waals surface area contributed by atoms with E-state index in [-0.39, 0.29) is 12.6 Å². The van der Waals surface area contributed by atoms with Gasteiger partial charge in [-0.25, -0.2) is 4.98 Å². The predicted octanol–water partition coefficient (Wildman–Crippen LogP) is 3.25. The highest BCUT2D eigenvalue weighted by Crippen LogP contribution is 2.19. The van der Waals surface area contributed by atoms with Gasteiger partial charge in [0, 0.05) is 31.1 Å². The molecule has 0 radical (unpaired) electrons. The summed E-state index contributed by atoms with van der Waals surface area (Å²) in [5, 5.41) is 12.7. The van der Waals surface area contributed by atoms with Gasteiger partial charge < -0.3 is 14.8 Å². The Morgan fingerprint density at radius 3 is 2.70 bits per heavy atom. The molecule has 120 valence electrons. The first-order valence-corrected chi connectivity index (χ1v) is 8.10. The second-order valence-electron chi connectivity index (χ2n) is 5.84. The van der Waals surface area contributed by atoms with Crippen LogP contribution in [0.5, 0.6) is 0 Å². The zero-order valence-electron chi connectivity index (χ0n) is 13.4. The highest BCUT2D eigenvalue weighted by Gasteiger charge is 2.11. The number of hydrogen-bond acceptors (Lipinski definition) is 3. The SMILES string of the molecule is Cc1cccc2nc(CNC(CCCO)c3ccccc3)cn12. The van der Waals surface area contributed by atoms with Gasteiger partial charge in [-0.3, -0.25) is 0 Å². The van der Waals surface area contributed by atoms with E-state index in [1.807, 2.05) is 18.2 Å². The van der Waals surface area contributed by atoms with Crippen molar-refractivity contribution in [1.29, 1.82) is 0 Å². The van der Waals surface area contributed by atoms with E-state index in [9.17, 15) is 0 Å². The third kappa shape index (κ3) is 3.78. The molecule has 2 heterocycles. The van der Waals surface area contributed by atoms with Crippen molar-refractivity contribution in [2.45, 2.75) is 32.4 Å². The quantitative estimate of drug-likeness (QED) is 0.704. The minimum atomic E-state index is 0.221.